The highest BCUT2D eigenvalue weighted by molar-refractivity contribution is 7.14. The monoisotopic (exact) mass is 427 g/mol. The minimum absolute atomic E-state index is 0.269. The summed E-state index contributed by atoms with van der Waals surface area (Å²) in [5, 5.41) is 4.88. The molecule has 9 heteroatoms. The van der Waals surface area contributed by atoms with E-state index in [0.29, 0.717) is 35.2 Å². The van der Waals surface area contributed by atoms with E-state index in [1.807, 2.05) is 23.6 Å². The molecule has 30 heavy (non-hydrogen) atoms. The van der Waals surface area contributed by atoms with Gasteiger partial charge in [0.25, 0.3) is 0 Å². The van der Waals surface area contributed by atoms with Crippen LogP contribution >= 0.6 is 11.3 Å². The minimum Gasteiger partial charge on any atom is -0.493 e. The molecule has 1 fully saturated rings. The van der Waals surface area contributed by atoms with Gasteiger partial charge in [0.1, 0.15) is 6.54 Å². The van der Waals surface area contributed by atoms with Gasteiger partial charge in [0.15, 0.2) is 16.6 Å². The third kappa shape index (κ3) is 3.68. The van der Waals surface area contributed by atoms with Crippen molar-refractivity contribution < 1.29 is 23.9 Å². The second kappa shape index (κ2) is 8.27. The molecule has 2 aromatic rings. The summed E-state index contributed by atoms with van der Waals surface area (Å²) in [6.45, 7) is -0.296. The summed E-state index contributed by atoms with van der Waals surface area (Å²) in [7, 11) is 3.12. The van der Waals surface area contributed by atoms with Crippen LogP contribution in [0.3, 0.4) is 0 Å². The van der Waals surface area contributed by atoms with Gasteiger partial charge in [-0.05, 0) is 31.0 Å². The number of hydrogen-bond donors (Lipinski definition) is 1. The fourth-order valence-electron chi connectivity index (χ4n) is 3.79. The number of methoxy groups -OCH3 is 2. The van der Waals surface area contributed by atoms with Crippen molar-refractivity contribution in [1.82, 2.24) is 9.88 Å². The van der Waals surface area contributed by atoms with Gasteiger partial charge in [-0.1, -0.05) is 12.2 Å². The number of fused-ring (bicyclic) bond motifs is 1. The first kappa shape index (κ1) is 20.1. The Hall–Kier alpha value is -3.20. The van der Waals surface area contributed by atoms with Crippen molar-refractivity contribution in [3.63, 3.8) is 0 Å². The van der Waals surface area contributed by atoms with E-state index in [0.717, 1.165) is 10.5 Å². The van der Waals surface area contributed by atoms with Gasteiger partial charge in [-0.15, -0.1) is 11.3 Å². The summed E-state index contributed by atoms with van der Waals surface area (Å²) in [4.78, 5) is 42.9. The Morgan fingerprint density at radius 2 is 1.80 bits per heavy atom. The number of likely N-dealkylation sites (tertiary alicyclic amines) is 1. The van der Waals surface area contributed by atoms with Crippen molar-refractivity contribution in [2.24, 2.45) is 11.8 Å². The number of carbonyl (C=O) groups excluding carboxylic acids is 3. The molecule has 2 heterocycles. The summed E-state index contributed by atoms with van der Waals surface area (Å²) in [5.41, 5.74) is 1.48. The number of carbonyl (C=O) groups is 3. The van der Waals surface area contributed by atoms with Crippen LogP contribution in [0.25, 0.3) is 11.3 Å². The van der Waals surface area contributed by atoms with E-state index in [9.17, 15) is 14.4 Å². The SMILES string of the molecule is COc1ccc(-c2csc(NC(=O)CN3C(=O)[C@@H]4CC=CC[C@H]4C3=O)n2)cc1OC. The molecule has 3 amide bonds. The Bertz CT molecular complexity index is 1010. The van der Waals surface area contributed by atoms with Crippen molar-refractivity contribution in [2.45, 2.75) is 12.8 Å². The third-order valence-corrected chi connectivity index (χ3v) is 6.09. The standard InChI is InChI=1S/C21H21N3O5S/c1-28-16-8-7-12(9-17(16)29-2)15-11-30-21(22-15)23-18(25)10-24-19(26)13-5-3-4-6-14(13)20(24)27/h3-4,7-9,11,13-14H,5-6,10H2,1-2H3,(H,22,23,25)/t13-,14-/m1/s1. The van der Waals surface area contributed by atoms with Crippen LogP contribution in [0.15, 0.2) is 35.7 Å². The molecule has 0 spiro atoms. The number of ether oxygens (including phenoxy) is 2. The predicted molar refractivity (Wildman–Crippen MR) is 111 cm³/mol. The minimum atomic E-state index is -0.448. The molecular weight excluding hydrogens is 406 g/mol. The van der Waals surface area contributed by atoms with Crippen molar-refractivity contribution in [3.05, 3.63) is 35.7 Å². The van der Waals surface area contributed by atoms with Gasteiger partial charge in [0.2, 0.25) is 17.7 Å². The van der Waals surface area contributed by atoms with Crippen molar-refractivity contribution >= 4 is 34.2 Å². The number of thiazole rings is 1. The molecular formula is C21H21N3O5S. The molecule has 1 N–H and O–H groups in total. The zero-order valence-corrected chi connectivity index (χ0v) is 17.4. The molecule has 2 aliphatic rings. The number of hydrogen-bond acceptors (Lipinski definition) is 7. The van der Waals surface area contributed by atoms with Gasteiger partial charge in [-0.3, -0.25) is 19.3 Å². The molecule has 1 aromatic carbocycles. The second-order valence-electron chi connectivity index (χ2n) is 7.07. The summed E-state index contributed by atoms with van der Waals surface area (Å²) in [6.07, 6.45) is 4.94. The van der Waals surface area contributed by atoms with Crippen molar-refractivity contribution in [2.75, 3.05) is 26.1 Å². The molecule has 0 saturated carbocycles. The van der Waals surface area contributed by atoms with Crippen LogP contribution in [0, 0.1) is 11.8 Å². The molecule has 1 aliphatic heterocycles. The fourth-order valence-corrected chi connectivity index (χ4v) is 4.52. The van der Waals surface area contributed by atoms with Gasteiger partial charge in [0.05, 0.1) is 31.7 Å². The number of aromatic nitrogens is 1. The smallest absolute Gasteiger partial charge is 0.246 e. The van der Waals surface area contributed by atoms with Gasteiger partial charge in [-0.2, -0.15) is 0 Å². The molecule has 0 radical (unpaired) electrons. The van der Waals surface area contributed by atoms with Gasteiger partial charge < -0.3 is 14.8 Å². The topological polar surface area (TPSA) is 97.8 Å². The Morgan fingerprint density at radius 3 is 2.43 bits per heavy atom. The first-order valence-corrected chi connectivity index (χ1v) is 10.4. The number of imide groups is 1. The Labute approximate surface area is 177 Å². The molecule has 156 valence electrons. The summed E-state index contributed by atoms with van der Waals surface area (Å²) in [6, 6.07) is 5.43. The van der Waals surface area contributed by atoms with Crippen LogP contribution in [0.2, 0.25) is 0 Å². The lowest BCUT2D eigenvalue weighted by atomic mass is 9.85. The van der Waals surface area contributed by atoms with Gasteiger partial charge in [-0.25, -0.2) is 4.98 Å². The quantitative estimate of drug-likeness (QED) is 0.562. The summed E-state index contributed by atoms with van der Waals surface area (Å²) < 4.78 is 10.5. The number of rotatable bonds is 6. The summed E-state index contributed by atoms with van der Waals surface area (Å²) >= 11 is 1.26. The lowest BCUT2D eigenvalue weighted by molar-refractivity contribution is -0.142. The Kier molecular flexibility index (Phi) is 5.54. The van der Waals surface area contributed by atoms with E-state index in [1.54, 1.807) is 26.4 Å². The maximum atomic E-state index is 12.5. The highest BCUT2D eigenvalue weighted by atomic mass is 32.1. The van der Waals surface area contributed by atoms with Crippen molar-refractivity contribution in [3.8, 4) is 22.8 Å². The average molecular weight is 427 g/mol. The molecule has 0 bridgehead atoms. The van der Waals surface area contributed by atoms with Gasteiger partial charge >= 0.3 is 0 Å². The van der Waals surface area contributed by atoms with E-state index >= 15 is 0 Å². The highest BCUT2D eigenvalue weighted by Gasteiger charge is 2.47. The molecule has 1 saturated heterocycles. The lowest BCUT2D eigenvalue weighted by Gasteiger charge is -2.14. The lowest BCUT2D eigenvalue weighted by Crippen LogP contribution is -2.38. The number of benzene rings is 1. The summed E-state index contributed by atoms with van der Waals surface area (Å²) in [5.74, 6) is -0.476. The number of nitrogens with one attached hydrogen (secondary N) is 1. The van der Waals surface area contributed by atoms with Crippen LogP contribution in [-0.2, 0) is 14.4 Å². The molecule has 8 nitrogen and oxygen atoms in total. The zero-order valence-electron chi connectivity index (χ0n) is 16.6. The maximum Gasteiger partial charge on any atom is 0.246 e. The number of nitrogens with zero attached hydrogens (tertiary/aromatic N) is 2. The predicted octanol–water partition coefficient (Wildman–Crippen LogP) is 2.72. The van der Waals surface area contributed by atoms with E-state index < -0.39 is 5.91 Å². The van der Waals surface area contributed by atoms with Crippen LogP contribution in [0.5, 0.6) is 11.5 Å². The molecule has 1 aliphatic carbocycles. The van der Waals surface area contributed by atoms with E-state index in [1.165, 1.54) is 11.3 Å². The first-order chi connectivity index (χ1) is 14.5. The fraction of sp³-hybridized carbons (Fsp3) is 0.333. The molecule has 0 unspecified atom stereocenters. The van der Waals surface area contributed by atoms with Crippen LogP contribution in [0.1, 0.15) is 12.8 Å². The van der Waals surface area contributed by atoms with Gasteiger partial charge in [0, 0.05) is 10.9 Å². The first-order valence-electron chi connectivity index (χ1n) is 9.49. The van der Waals surface area contributed by atoms with E-state index in [2.05, 4.69) is 10.3 Å². The number of allylic oxidation sites excluding steroid dienone is 2. The largest absolute Gasteiger partial charge is 0.493 e. The molecule has 2 atom stereocenters. The van der Waals surface area contributed by atoms with Crippen molar-refractivity contribution in [1.29, 1.82) is 0 Å². The van der Waals surface area contributed by atoms with Crippen LogP contribution < -0.4 is 14.8 Å². The molecule has 4 rings (SSSR count). The second-order valence-corrected chi connectivity index (χ2v) is 7.93. The Balaban J connectivity index is 1.42. The average Bonchev–Trinajstić information content (AvgIpc) is 3.32. The number of amides is 3. The highest BCUT2D eigenvalue weighted by Crippen LogP contribution is 2.35. The normalized spacial score (nSPS) is 20.3. The third-order valence-electron chi connectivity index (χ3n) is 5.33. The van der Waals surface area contributed by atoms with Crippen LogP contribution in [0.4, 0.5) is 5.13 Å². The van der Waals surface area contributed by atoms with Crippen LogP contribution in [-0.4, -0.2) is 48.4 Å². The molecule has 1 aromatic heterocycles. The Morgan fingerprint density at radius 1 is 1.13 bits per heavy atom. The number of anilines is 1. The van der Waals surface area contributed by atoms with E-state index in [4.69, 9.17) is 9.47 Å². The zero-order chi connectivity index (χ0) is 21.3. The maximum absolute atomic E-state index is 12.5. The van der Waals surface area contributed by atoms with E-state index in [-0.39, 0.29) is 30.2 Å².